The summed E-state index contributed by atoms with van der Waals surface area (Å²) in [5.74, 6) is 0.924. The third-order valence-corrected chi connectivity index (χ3v) is 3.53. The second kappa shape index (κ2) is 7.06. The summed E-state index contributed by atoms with van der Waals surface area (Å²) in [5.41, 5.74) is 1.10. The number of methoxy groups -OCH3 is 1. The van der Waals surface area contributed by atoms with E-state index in [1.54, 1.807) is 24.3 Å². The Morgan fingerprint density at radius 3 is 2.83 bits per heavy atom. The van der Waals surface area contributed by atoms with Gasteiger partial charge in [0, 0.05) is 19.3 Å². The Hall–Kier alpha value is -2.67. The molecule has 3 rings (SSSR count). The minimum atomic E-state index is -0.112. The number of carbonyl (C=O) groups is 1. The number of para-hydroxylation sites is 2. The molecular formula is C16H18N4O3. The average molecular weight is 314 g/mol. The molecule has 120 valence electrons. The van der Waals surface area contributed by atoms with Crippen molar-refractivity contribution in [2.24, 2.45) is 0 Å². The van der Waals surface area contributed by atoms with Crippen LogP contribution in [0, 0.1) is 0 Å². The SMILES string of the molecule is COc1ccccc1Nc1nccc(C(=O)N2CCOCC2)n1. The molecule has 23 heavy (non-hydrogen) atoms. The van der Waals surface area contributed by atoms with Crippen LogP contribution in [-0.2, 0) is 4.74 Å². The van der Waals surface area contributed by atoms with Crippen molar-refractivity contribution in [2.45, 2.75) is 0 Å². The number of benzene rings is 1. The lowest BCUT2D eigenvalue weighted by molar-refractivity contribution is 0.0299. The molecule has 1 aromatic heterocycles. The Labute approximate surface area is 134 Å². The molecule has 0 bridgehead atoms. The summed E-state index contributed by atoms with van der Waals surface area (Å²) in [7, 11) is 1.60. The first-order valence-corrected chi connectivity index (χ1v) is 7.38. The molecule has 0 spiro atoms. The number of anilines is 2. The fourth-order valence-electron chi connectivity index (χ4n) is 2.33. The number of amides is 1. The molecule has 2 heterocycles. The van der Waals surface area contributed by atoms with Crippen molar-refractivity contribution in [3.8, 4) is 5.75 Å². The maximum atomic E-state index is 12.5. The monoisotopic (exact) mass is 314 g/mol. The van der Waals surface area contributed by atoms with Gasteiger partial charge in [-0.3, -0.25) is 4.79 Å². The van der Waals surface area contributed by atoms with Gasteiger partial charge in [0.25, 0.3) is 5.91 Å². The zero-order chi connectivity index (χ0) is 16.1. The highest BCUT2D eigenvalue weighted by atomic mass is 16.5. The van der Waals surface area contributed by atoms with Crippen LogP contribution in [-0.4, -0.2) is 54.2 Å². The number of hydrogen-bond donors (Lipinski definition) is 1. The quantitative estimate of drug-likeness (QED) is 0.925. The lowest BCUT2D eigenvalue weighted by atomic mass is 10.3. The first-order chi connectivity index (χ1) is 11.3. The lowest BCUT2D eigenvalue weighted by Crippen LogP contribution is -2.41. The van der Waals surface area contributed by atoms with Gasteiger partial charge in [-0.25, -0.2) is 9.97 Å². The smallest absolute Gasteiger partial charge is 0.272 e. The molecule has 1 fully saturated rings. The van der Waals surface area contributed by atoms with E-state index in [4.69, 9.17) is 9.47 Å². The van der Waals surface area contributed by atoms with Crippen LogP contribution in [0.3, 0.4) is 0 Å². The van der Waals surface area contributed by atoms with Gasteiger partial charge < -0.3 is 19.7 Å². The van der Waals surface area contributed by atoms with E-state index >= 15 is 0 Å². The Balaban J connectivity index is 1.78. The van der Waals surface area contributed by atoms with Crippen LogP contribution < -0.4 is 10.1 Å². The molecule has 7 nitrogen and oxygen atoms in total. The molecule has 0 radical (unpaired) electrons. The van der Waals surface area contributed by atoms with Gasteiger partial charge in [-0.15, -0.1) is 0 Å². The van der Waals surface area contributed by atoms with Gasteiger partial charge in [0.1, 0.15) is 11.4 Å². The number of rotatable bonds is 4. The number of ether oxygens (including phenoxy) is 2. The molecule has 7 heteroatoms. The summed E-state index contributed by atoms with van der Waals surface area (Å²) in [4.78, 5) is 22.7. The van der Waals surface area contributed by atoms with Crippen molar-refractivity contribution >= 4 is 17.5 Å². The molecule has 1 aliphatic heterocycles. The van der Waals surface area contributed by atoms with Crippen molar-refractivity contribution in [2.75, 3.05) is 38.7 Å². The summed E-state index contributed by atoms with van der Waals surface area (Å²) < 4.78 is 10.5. The van der Waals surface area contributed by atoms with E-state index in [9.17, 15) is 4.79 Å². The van der Waals surface area contributed by atoms with Crippen LogP contribution in [0.15, 0.2) is 36.5 Å². The first-order valence-electron chi connectivity index (χ1n) is 7.38. The number of morpholine rings is 1. The molecule has 0 unspecified atom stereocenters. The van der Waals surface area contributed by atoms with E-state index in [-0.39, 0.29) is 5.91 Å². The maximum Gasteiger partial charge on any atom is 0.272 e. The van der Waals surface area contributed by atoms with E-state index in [0.717, 1.165) is 5.69 Å². The summed E-state index contributed by atoms with van der Waals surface area (Å²) in [6, 6.07) is 9.08. The minimum Gasteiger partial charge on any atom is -0.495 e. The largest absolute Gasteiger partial charge is 0.495 e. The maximum absolute atomic E-state index is 12.5. The minimum absolute atomic E-state index is 0.112. The molecule has 2 aromatic rings. The van der Waals surface area contributed by atoms with Crippen LogP contribution in [0.4, 0.5) is 11.6 Å². The highest BCUT2D eigenvalue weighted by molar-refractivity contribution is 5.92. The highest BCUT2D eigenvalue weighted by Crippen LogP contribution is 2.25. The van der Waals surface area contributed by atoms with E-state index in [0.29, 0.717) is 43.7 Å². The number of aromatic nitrogens is 2. The standard InChI is InChI=1S/C16H18N4O3/c1-22-14-5-3-2-4-12(14)18-16-17-7-6-13(19-16)15(21)20-8-10-23-11-9-20/h2-7H,8-11H2,1H3,(H,17,18,19). The highest BCUT2D eigenvalue weighted by Gasteiger charge is 2.20. The fraction of sp³-hybridized carbons (Fsp3) is 0.312. The molecule has 1 amide bonds. The topological polar surface area (TPSA) is 76.6 Å². The molecular weight excluding hydrogens is 296 g/mol. The van der Waals surface area contributed by atoms with Crippen LogP contribution >= 0.6 is 0 Å². The Kier molecular flexibility index (Phi) is 4.68. The van der Waals surface area contributed by atoms with Gasteiger partial charge >= 0.3 is 0 Å². The normalized spacial score (nSPS) is 14.4. The molecule has 0 atom stereocenters. The number of hydrogen-bond acceptors (Lipinski definition) is 6. The molecule has 1 saturated heterocycles. The Morgan fingerprint density at radius 2 is 2.04 bits per heavy atom. The summed E-state index contributed by atoms with van der Waals surface area (Å²) >= 11 is 0. The van der Waals surface area contributed by atoms with Gasteiger partial charge in [-0.1, -0.05) is 12.1 Å². The van der Waals surface area contributed by atoms with Gasteiger partial charge in [0.15, 0.2) is 0 Å². The lowest BCUT2D eigenvalue weighted by Gasteiger charge is -2.26. The van der Waals surface area contributed by atoms with Crippen molar-refractivity contribution in [1.82, 2.24) is 14.9 Å². The molecule has 1 aromatic carbocycles. The predicted octanol–water partition coefficient (Wildman–Crippen LogP) is 1.70. The predicted molar refractivity (Wildman–Crippen MR) is 85.0 cm³/mol. The van der Waals surface area contributed by atoms with Gasteiger partial charge in [-0.05, 0) is 18.2 Å². The number of carbonyl (C=O) groups excluding carboxylic acids is 1. The number of nitrogens with zero attached hydrogens (tertiary/aromatic N) is 3. The van der Waals surface area contributed by atoms with Crippen LogP contribution in [0.2, 0.25) is 0 Å². The van der Waals surface area contributed by atoms with E-state index in [1.165, 1.54) is 0 Å². The van der Waals surface area contributed by atoms with E-state index in [2.05, 4.69) is 15.3 Å². The Bertz CT molecular complexity index is 687. The number of nitrogens with one attached hydrogen (secondary N) is 1. The second-order valence-corrected chi connectivity index (χ2v) is 5.00. The van der Waals surface area contributed by atoms with Gasteiger partial charge in [-0.2, -0.15) is 0 Å². The molecule has 1 N–H and O–H groups in total. The average Bonchev–Trinajstić information content (AvgIpc) is 2.62. The van der Waals surface area contributed by atoms with E-state index in [1.807, 2.05) is 24.3 Å². The fourth-order valence-corrected chi connectivity index (χ4v) is 2.33. The van der Waals surface area contributed by atoms with Crippen molar-refractivity contribution in [3.63, 3.8) is 0 Å². The van der Waals surface area contributed by atoms with Crippen LogP contribution in [0.5, 0.6) is 5.75 Å². The zero-order valence-electron chi connectivity index (χ0n) is 12.9. The zero-order valence-corrected chi connectivity index (χ0v) is 12.9. The van der Waals surface area contributed by atoms with Crippen molar-refractivity contribution in [1.29, 1.82) is 0 Å². The molecule has 0 saturated carbocycles. The van der Waals surface area contributed by atoms with Crippen molar-refractivity contribution < 1.29 is 14.3 Å². The van der Waals surface area contributed by atoms with Gasteiger partial charge in [0.2, 0.25) is 5.95 Å². The third-order valence-electron chi connectivity index (χ3n) is 3.53. The summed E-state index contributed by atoms with van der Waals surface area (Å²) in [6.45, 7) is 2.28. The van der Waals surface area contributed by atoms with Gasteiger partial charge in [0.05, 0.1) is 26.0 Å². The second-order valence-electron chi connectivity index (χ2n) is 5.00. The first kappa shape index (κ1) is 15.2. The van der Waals surface area contributed by atoms with Crippen molar-refractivity contribution in [3.05, 3.63) is 42.2 Å². The molecule has 0 aliphatic carbocycles. The van der Waals surface area contributed by atoms with Crippen LogP contribution in [0.25, 0.3) is 0 Å². The molecule has 1 aliphatic rings. The summed E-state index contributed by atoms with van der Waals surface area (Å²) in [6.07, 6.45) is 1.57. The van der Waals surface area contributed by atoms with E-state index < -0.39 is 0 Å². The summed E-state index contributed by atoms with van der Waals surface area (Å²) in [5, 5.41) is 3.08. The Morgan fingerprint density at radius 1 is 1.26 bits per heavy atom. The van der Waals surface area contributed by atoms with Crippen LogP contribution in [0.1, 0.15) is 10.5 Å². The third kappa shape index (κ3) is 3.57.